The van der Waals surface area contributed by atoms with E-state index >= 15 is 0 Å². The van der Waals surface area contributed by atoms with Crippen molar-refractivity contribution in [1.82, 2.24) is 0 Å². The largest absolute Gasteiger partial charge is 0.336 e. The molecule has 1 aliphatic rings. The Bertz CT molecular complexity index is 539. The third-order valence-electron chi connectivity index (χ3n) is 3.88. The van der Waals surface area contributed by atoms with Gasteiger partial charge in [0, 0.05) is 18.1 Å². The summed E-state index contributed by atoms with van der Waals surface area (Å²) in [6.07, 6.45) is 11.9. The average molecular weight is 296 g/mol. The molecule has 1 atom stereocenters. The molecule has 0 aliphatic carbocycles. The quantitative estimate of drug-likeness (QED) is 0.735. The van der Waals surface area contributed by atoms with Crippen LogP contribution in [0.25, 0.3) is 0 Å². The van der Waals surface area contributed by atoms with Gasteiger partial charge in [-0.15, -0.1) is 0 Å². The van der Waals surface area contributed by atoms with Gasteiger partial charge in [-0.25, -0.2) is 0 Å². The van der Waals surface area contributed by atoms with Gasteiger partial charge in [0.25, 0.3) is 0 Å². The van der Waals surface area contributed by atoms with Crippen molar-refractivity contribution < 1.29 is 0 Å². The van der Waals surface area contributed by atoms with Crippen molar-refractivity contribution in [2.24, 2.45) is 11.8 Å². The standard InChI is InChI=1S/C20H28N2/c1-15(2)12-17-8-7-9-18(13-16(3)4)20(17)22-11-6-5-10-19(22)14-21/h5-11,14-16,19,21H,12-13H2,1-4H3. The molecular formula is C20H28N2. The Morgan fingerprint density at radius 1 is 1.05 bits per heavy atom. The summed E-state index contributed by atoms with van der Waals surface area (Å²) in [6.45, 7) is 9.05. The minimum absolute atomic E-state index is 0.0178. The van der Waals surface area contributed by atoms with Gasteiger partial charge in [-0.1, -0.05) is 58.0 Å². The predicted molar refractivity (Wildman–Crippen MR) is 96.9 cm³/mol. The molecule has 0 saturated carbocycles. The lowest BCUT2D eigenvalue weighted by Crippen LogP contribution is -2.33. The van der Waals surface area contributed by atoms with Crippen molar-refractivity contribution in [3.05, 3.63) is 53.8 Å². The van der Waals surface area contributed by atoms with Crippen molar-refractivity contribution in [2.45, 2.75) is 46.6 Å². The van der Waals surface area contributed by atoms with E-state index in [9.17, 15) is 0 Å². The zero-order valence-electron chi connectivity index (χ0n) is 14.2. The van der Waals surface area contributed by atoms with Crippen LogP contribution in [0.2, 0.25) is 0 Å². The number of nitrogens with one attached hydrogen (secondary N) is 1. The smallest absolute Gasteiger partial charge is 0.0867 e. The molecule has 118 valence electrons. The lowest BCUT2D eigenvalue weighted by atomic mass is 9.93. The van der Waals surface area contributed by atoms with Crippen LogP contribution in [0.15, 0.2) is 42.6 Å². The summed E-state index contributed by atoms with van der Waals surface area (Å²) in [7, 11) is 0. The second-order valence-corrected chi connectivity index (χ2v) is 6.91. The molecule has 0 bridgehead atoms. The number of nitrogens with zero attached hydrogens (tertiary/aromatic N) is 1. The number of anilines is 1. The molecule has 22 heavy (non-hydrogen) atoms. The zero-order chi connectivity index (χ0) is 16.1. The number of allylic oxidation sites excluding steroid dienone is 2. The third kappa shape index (κ3) is 3.88. The molecule has 0 fully saturated rings. The second kappa shape index (κ2) is 7.44. The number of para-hydroxylation sites is 1. The van der Waals surface area contributed by atoms with Crippen molar-refractivity contribution in [2.75, 3.05) is 4.90 Å². The van der Waals surface area contributed by atoms with E-state index in [1.807, 2.05) is 6.08 Å². The monoisotopic (exact) mass is 296 g/mol. The molecule has 2 rings (SSSR count). The fraction of sp³-hybridized carbons (Fsp3) is 0.450. The highest BCUT2D eigenvalue weighted by Crippen LogP contribution is 2.32. The van der Waals surface area contributed by atoms with Gasteiger partial charge in [0.15, 0.2) is 0 Å². The van der Waals surface area contributed by atoms with Crippen molar-refractivity contribution in [3.63, 3.8) is 0 Å². The highest BCUT2D eigenvalue weighted by Gasteiger charge is 2.21. The molecule has 2 nitrogen and oxygen atoms in total. The number of hydrogen-bond acceptors (Lipinski definition) is 2. The van der Waals surface area contributed by atoms with Crippen LogP contribution in [0.5, 0.6) is 0 Å². The van der Waals surface area contributed by atoms with E-state index in [0.717, 1.165) is 12.8 Å². The minimum Gasteiger partial charge on any atom is -0.336 e. The molecule has 0 saturated heterocycles. The second-order valence-electron chi connectivity index (χ2n) is 6.91. The minimum atomic E-state index is 0.0178. The van der Waals surface area contributed by atoms with Crippen LogP contribution < -0.4 is 4.90 Å². The Morgan fingerprint density at radius 2 is 1.64 bits per heavy atom. The molecule has 1 aromatic rings. The Kier molecular flexibility index (Phi) is 5.59. The van der Waals surface area contributed by atoms with Gasteiger partial charge in [0.2, 0.25) is 0 Å². The van der Waals surface area contributed by atoms with Crippen molar-refractivity contribution >= 4 is 11.9 Å². The average Bonchev–Trinajstić information content (AvgIpc) is 2.46. The Morgan fingerprint density at radius 3 is 2.14 bits per heavy atom. The van der Waals surface area contributed by atoms with Gasteiger partial charge in [-0.2, -0.15) is 0 Å². The predicted octanol–water partition coefficient (Wildman–Crippen LogP) is 4.99. The lowest BCUT2D eigenvalue weighted by Gasteiger charge is -2.32. The van der Waals surface area contributed by atoms with Gasteiger partial charge in [0.05, 0.1) is 6.04 Å². The van der Waals surface area contributed by atoms with Crippen LogP contribution in [0.4, 0.5) is 5.69 Å². The van der Waals surface area contributed by atoms with E-state index in [2.05, 4.69) is 69.1 Å². The number of benzene rings is 1. The molecule has 1 aromatic carbocycles. The molecule has 0 amide bonds. The summed E-state index contributed by atoms with van der Waals surface area (Å²) < 4.78 is 0. The van der Waals surface area contributed by atoms with E-state index in [0.29, 0.717) is 11.8 Å². The SMILES string of the molecule is CC(C)Cc1cccc(CC(C)C)c1N1C=CC=CC1C=N. The molecule has 1 N–H and O–H groups in total. The van der Waals surface area contributed by atoms with E-state index in [4.69, 9.17) is 5.41 Å². The van der Waals surface area contributed by atoms with Crippen LogP contribution in [0, 0.1) is 17.2 Å². The van der Waals surface area contributed by atoms with E-state index in [1.54, 1.807) is 0 Å². The fourth-order valence-corrected chi connectivity index (χ4v) is 3.06. The van der Waals surface area contributed by atoms with E-state index in [-0.39, 0.29) is 6.04 Å². The maximum atomic E-state index is 7.75. The van der Waals surface area contributed by atoms with Crippen LogP contribution >= 0.6 is 0 Å². The van der Waals surface area contributed by atoms with E-state index < -0.39 is 0 Å². The summed E-state index contributed by atoms with van der Waals surface area (Å²) in [4.78, 5) is 2.25. The van der Waals surface area contributed by atoms with E-state index in [1.165, 1.54) is 23.0 Å². The topological polar surface area (TPSA) is 27.1 Å². The maximum absolute atomic E-state index is 7.75. The summed E-state index contributed by atoms with van der Waals surface area (Å²) >= 11 is 0. The highest BCUT2D eigenvalue weighted by atomic mass is 15.2. The fourth-order valence-electron chi connectivity index (χ4n) is 3.06. The van der Waals surface area contributed by atoms with Crippen molar-refractivity contribution in [3.8, 4) is 0 Å². The molecule has 2 heteroatoms. The molecule has 1 heterocycles. The normalized spacial score (nSPS) is 17.5. The Hall–Kier alpha value is -1.83. The summed E-state index contributed by atoms with van der Waals surface area (Å²) in [5.74, 6) is 1.24. The molecule has 0 radical (unpaired) electrons. The first kappa shape index (κ1) is 16.5. The Labute approximate surface area is 135 Å². The first-order valence-corrected chi connectivity index (χ1v) is 8.27. The first-order chi connectivity index (χ1) is 10.5. The van der Waals surface area contributed by atoms with Crippen LogP contribution in [0.1, 0.15) is 38.8 Å². The lowest BCUT2D eigenvalue weighted by molar-refractivity contribution is 0.634. The maximum Gasteiger partial charge on any atom is 0.0867 e. The van der Waals surface area contributed by atoms with Crippen LogP contribution in [-0.2, 0) is 12.8 Å². The van der Waals surface area contributed by atoms with Crippen molar-refractivity contribution in [1.29, 1.82) is 5.41 Å². The first-order valence-electron chi connectivity index (χ1n) is 8.27. The van der Waals surface area contributed by atoms with Crippen LogP contribution in [-0.4, -0.2) is 12.3 Å². The summed E-state index contributed by atoms with van der Waals surface area (Å²) in [5, 5.41) is 7.75. The van der Waals surface area contributed by atoms with Gasteiger partial charge in [0.1, 0.15) is 0 Å². The molecular weight excluding hydrogens is 268 g/mol. The molecule has 0 aromatic heterocycles. The van der Waals surface area contributed by atoms with Gasteiger partial charge >= 0.3 is 0 Å². The summed E-state index contributed by atoms with van der Waals surface area (Å²) in [5.41, 5.74) is 4.08. The van der Waals surface area contributed by atoms with Crippen LogP contribution in [0.3, 0.4) is 0 Å². The summed E-state index contributed by atoms with van der Waals surface area (Å²) in [6, 6.07) is 6.68. The molecule has 0 spiro atoms. The molecule has 1 aliphatic heterocycles. The van der Waals surface area contributed by atoms with Gasteiger partial charge in [-0.3, -0.25) is 0 Å². The van der Waals surface area contributed by atoms with Gasteiger partial charge in [-0.05, 0) is 41.9 Å². The Balaban J connectivity index is 2.50. The zero-order valence-corrected chi connectivity index (χ0v) is 14.2. The third-order valence-corrected chi connectivity index (χ3v) is 3.88. The molecule has 1 unspecified atom stereocenters. The number of rotatable bonds is 6. The highest BCUT2D eigenvalue weighted by molar-refractivity contribution is 5.76. The van der Waals surface area contributed by atoms with Gasteiger partial charge < -0.3 is 10.3 Å². The number of hydrogen-bond donors (Lipinski definition) is 1.